The Morgan fingerprint density at radius 3 is 2.74 bits per heavy atom. The lowest BCUT2D eigenvalue weighted by Crippen LogP contribution is -2.48. The van der Waals surface area contributed by atoms with E-state index in [0.29, 0.717) is 29.4 Å². The average molecular weight is 355 g/mol. The van der Waals surface area contributed by atoms with Crippen LogP contribution in [-0.2, 0) is 0 Å². The number of nitrogens with one attached hydrogen (secondary N) is 1. The molecule has 1 aromatic heterocycles. The van der Waals surface area contributed by atoms with E-state index in [4.69, 9.17) is 16.0 Å². The Morgan fingerprint density at radius 1 is 1.35 bits per heavy atom. The number of nitrogens with zero attached hydrogens (tertiary/aromatic N) is 1. The van der Waals surface area contributed by atoms with Crippen molar-refractivity contribution < 1.29 is 9.21 Å². The minimum Gasteiger partial charge on any atom is -0.466 e. The molecule has 1 aromatic carbocycles. The molecule has 2 heterocycles. The first-order chi connectivity index (χ1) is 10.6. The van der Waals surface area contributed by atoms with Crippen molar-refractivity contribution in [3.05, 3.63) is 58.0 Å². The molecule has 1 amide bonds. The van der Waals surface area contributed by atoms with Gasteiger partial charge in [0.2, 0.25) is 0 Å². The zero-order valence-electron chi connectivity index (χ0n) is 13.1. The molecule has 0 radical (unpaired) electrons. The number of furan rings is 1. The van der Waals surface area contributed by atoms with Crippen molar-refractivity contribution in [1.82, 2.24) is 10.2 Å². The maximum atomic E-state index is 12.9. The third kappa shape index (κ3) is 3.55. The molecule has 0 saturated carbocycles. The number of benzene rings is 1. The predicted molar refractivity (Wildman–Crippen MR) is 93.5 cm³/mol. The summed E-state index contributed by atoms with van der Waals surface area (Å²) >= 11 is 6.32. The number of carbonyl (C=O) groups excluding carboxylic acids is 1. The number of carbonyl (C=O) groups is 1. The smallest absolute Gasteiger partial charge is 0.258 e. The molecule has 6 heteroatoms. The second-order valence-corrected chi connectivity index (χ2v) is 5.97. The van der Waals surface area contributed by atoms with E-state index in [2.05, 4.69) is 5.32 Å². The largest absolute Gasteiger partial charge is 0.466 e. The SMILES string of the molecule is Cc1cc(C(=O)N2CCNCC2c2ccccc2Cl)c(C)o1.Cl. The van der Waals surface area contributed by atoms with Gasteiger partial charge in [0.05, 0.1) is 11.6 Å². The van der Waals surface area contributed by atoms with Gasteiger partial charge in [0.1, 0.15) is 11.5 Å². The number of amides is 1. The fourth-order valence-corrected chi connectivity index (χ4v) is 3.23. The highest BCUT2D eigenvalue weighted by molar-refractivity contribution is 6.31. The maximum absolute atomic E-state index is 12.9. The van der Waals surface area contributed by atoms with Gasteiger partial charge in [0.25, 0.3) is 5.91 Å². The average Bonchev–Trinajstić information content (AvgIpc) is 2.86. The molecule has 23 heavy (non-hydrogen) atoms. The molecule has 0 bridgehead atoms. The third-order valence-corrected chi connectivity index (χ3v) is 4.38. The Hall–Kier alpha value is -1.49. The van der Waals surface area contributed by atoms with Gasteiger partial charge in [-0.25, -0.2) is 0 Å². The molecule has 1 aliphatic heterocycles. The Morgan fingerprint density at radius 2 is 2.09 bits per heavy atom. The lowest BCUT2D eigenvalue weighted by atomic mass is 10.0. The van der Waals surface area contributed by atoms with E-state index in [1.165, 1.54) is 0 Å². The zero-order valence-corrected chi connectivity index (χ0v) is 14.7. The Bertz CT molecular complexity index is 700. The summed E-state index contributed by atoms with van der Waals surface area (Å²) < 4.78 is 5.50. The van der Waals surface area contributed by atoms with Crippen molar-refractivity contribution in [3.63, 3.8) is 0 Å². The van der Waals surface area contributed by atoms with Crippen LogP contribution in [0.3, 0.4) is 0 Å². The van der Waals surface area contributed by atoms with Crippen LogP contribution in [0.15, 0.2) is 34.7 Å². The lowest BCUT2D eigenvalue weighted by Gasteiger charge is -2.36. The summed E-state index contributed by atoms with van der Waals surface area (Å²) in [6.45, 7) is 5.81. The van der Waals surface area contributed by atoms with Crippen LogP contribution in [0, 0.1) is 13.8 Å². The summed E-state index contributed by atoms with van der Waals surface area (Å²) in [5, 5.41) is 4.03. The number of rotatable bonds is 2. The van der Waals surface area contributed by atoms with Gasteiger partial charge in [-0.1, -0.05) is 29.8 Å². The van der Waals surface area contributed by atoms with E-state index in [9.17, 15) is 4.79 Å². The van der Waals surface area contributed by atoms with Crippen LogP contribution in [0.1, 0.15) is 33.5 Å². The summed E-state index contributed by atoms with van der Waals surface area (Å²) in [7, 11) is 0. The van der Waals surface area contributed by atoms with Gasteiger partial charge in [0, 0.05) is 24.7 Å². The fraction of sp³-hybridized carbons (Fsp3) is 0.353. The van der Waals surface area contributed by atoms with Gasteiger partial charge in [-0.2, -0.15) is 0 Å². The van der Waals surface area contributed by atoms with Gasteiger partial charge in [-0.05, 0) is 31.5 Å². The van der Waals surface area contributed by atoms with Crippen molar-refractivity contribution in [2.24, 2.45) is 0 Å². The second kappa shape index (κ2) is 7.39. The molecule has 3 rings (SSSR count). The molecule has 0 spiro atoms. The monoisotopic (exact) mass is 354 g/mol. The number of aryl methyl sites for hydroxylation is 2. The topological polar surface area (TPSA) is 45.5 Å². The lowest BCUT2D eigenvalue weighted by molar-refractivity contribution is 0.0632. The third-order valence-electron chi connectivity index (χ3n) is 4.04. The molecular formula is C17H20Cl2N2O2. The first-order valence-corrected chi connectivity index (χ1v) is 7.79. The molecule has 2 aromatic rings. The highest BCUT2D eigenvalue weighted by atomic mass is 35.5. The van der Waals surface area contributed by atoms with Gasteiger partial charge in [-0.15, -0.1) is 12.4 Å². The number of piperazine rings is 1. The molecule has 1 aliphatic rings. The highest BCUT2D eigenvalue weighted by Gasteiger charge is 2.31. The molecular weight excluding hydrogens is 335 g/mol. The van der Waals surface area contributed by atoms with E-state index >= 15 is 0 Å². The highest BCUT2D eigenvalue weighted by Crippen LogP contribution is 2.30. The van der Waals surface area contributed by atoms with Crippen LogP contribution >= 0.6 is 24.0 Å². The zero-order chi connectivity index (χ0) is 15.7. The Balaban J connectivity index is 0.00000192. The van der Waals surface area contributed by atoms with Gasteiger partial charge < -0.3 is 14.6 Å². The summed E-state index contributed by atoms with van der Waals surface area (Å²) in [6.07, 6.45) is 0. The van der Waals surface area contributed by atoms with Crippen LogP contribution in [-0.4, -0.2) is 30.4 Å². The van der Waals surface area contributed by atoms with Gasteiger partial charge in [-0.3, -0.25) is 4.79 Å². The number of halogens is 2. The molecule has 1 N–H and O–H groups in total. The number of hydrogen-bond acceptors (Lipinski definition) is 3. The van der Waals surface area contributed by atoms with Crippen LogP contribution in [0.25, 0.3) is 0 Å². The van der Waals surface area contributed by atoms with E-state index in [1.807, 2.05) is 49.1 Å². The number of hydrogen-bond donors (Lipinski definition) is 1. The normalized spacial score (nSPS) is 17.7. The van der Waals surface area contributed by atoms with Crippen LogP contribution in [0.5, 0.6) is 0 Å². The predicted octanol–water partition coefficient (Wildman–Crippen LogP) is 3.76. The molecule has 124 valence electrons. The molecule has 1 atom stereocenters. The van der Waals surface area contributed by atoms with Crippen LogP contribution < -0.4 is 5.32 Å². The minimum atomic E-state index is -0.0652. The standard InChI is InChI=1S/C17H19ClN2O2.ClH/c1-11-9-14(12(2)22-11)17(21)20-8-7-19-10-16(20)13-5-3-4-6-15(13)18;/h3-6,9,16,19H,7-8,10H2,1-2H3;1H. The van der Waals surface area contributed by atoms with E-state index in [0.717, 1.165) is 17.9 Å². The van der Waals surface area contributed by atoms with E-state index < -0.39 is 0 Å². The minimum absolute atomic E-state index is 0. The molecule has 1 unspecified atom stereocenters. The van der Waals surface area contributed by atoms with Crippen molar-refractivity contribution in [3.8, 4) is 0 Å². The first kappa shape index (κ1) is 17.9. The van der Waals surface area contributed by atoms with Crippen molar-refractivity contribution in [2.45, 2.75) is 19.9 Å². The quantitative estimate of drug-likeness (QED) is 0.892. The van der Waals surface area contributed by atoms with Crippen LogP contribution in [0.4, 0.5) is 0 Å². The second-order valence-electron chi connectivity index (χ2n) is 5.57. The fourth-order valence-electron chi connectivity index (χ4n) is 2.97. The molecule has 1 fully saturated rings. The Kier molecular flexibility index (Phi) is 5.74. The Labute approximate surface area is 147 Å². The summed E-state index contributed by atoms with van der Waals surface area (Å²) in [4.78, 5) is 14.8. The summed E-state index contributed by atoms with van der Waals surface area (Å²) in [6, 6.07) is 9.44. The maximum Gasteiger partial charge on any atom is 0.258 e. The molecule has 4 nitrogen and oxygen atoms in total. The van der Waals surface area contributed by atoms with E-state index in [-0.39, 0.29) is 24.4 Å². The van der Waals surface area contributed by atoms with Crippen molar-refractivity contribution >= 4 is 29.9 Å². The van der Waals surface area contributed by atoms with Gasteiger partial charge >= 0.3 is 0 Å². The summed E-state index contributed by atoms with van der Waals surface area (Å²) in [5.74, 6) is 1.42. The van der Waals surface area contributed by atoms with Crippen molar-refractivity contribution in [1.29, 1.82) is 0 Å². The molecule has 0 aliphatic carbocycles. The molecule has 1 saturated heterocycles. The summed E-state index contributed by atoms with van der Waals surface area (Å²) in [5.41, 5.74) is 1.61. The van der Waals surface area contributed by atoms with Crippen molar-refractivity contribution in [2.75, 3.05) is 19.6 Å². The van der Waals surface area contributed by atoms with E-state index in [1.54, 1.807) is 0 Å². The first-order valence-electron chi connectivity index (χ1n) is 7.41. The van der Waals surface area contributed by atoms with Crippen LogP contribution in [0.2, 0.25) is 5.02 Å². The van der Waals surface area contributed by atoms with Gasteiger partial charge in [0.15, 0.2) is 0 Å².